The molecule has 19 heavy (non-hydrogen) atoms. The Morgan fingerprint density at radius 1 is 1.16 bits per heavy atom. The van der Waals surface area contributed by atoms with Crippen molar-refractivity contribution in [2.45, 2.75) is 18.9 Å². The summed E-state index contributed by atoms with van der Waals surface area (Å²) >= 11 is 0. The van der Waals surface area contributed by atoms with Crippen molar-refractivity contribution in [3.8, 4) is 0 Å². The van der Waals surface area contributed by atoms with E-state index < -0.39 is 0 Å². The minimum atomic E-state index is -0.303. The van der Waals surface area contributed by atoms with Crippen LogP contribution in [0.2, 0.25) is 0 Å². The number of carbonyl (C=O) groups excluding carboxylic acids is 1. The lowest BCUT2D eigenvalue weighted by molar-refractivity contribution is -0.123. The molecule has 2 heterocycles. The second-order valence-corrected chi connectivity index (χ2v) is 5.68. The first-order chi connectivity index (χ1) is 9.15. The van der Waals surface area contributed by atoms with E-state index in [1.165, 1.54) is 0 Å². The van der Waals surface area contributed by atoms with E-state index in [9.17, 15) is 9.90 Å². The second-order valence-electron chi connectivity index (χ2n) is 5.68. The molecule has 0 aliphatic carbocycles. The van der Waals surface area contributed by atoms with Gasteiger partial charge in [-0.15, -0.1) is 0 Å². The number of primary amides is 1. The average molecular weight is 270 g/mol. The Morgan fingerprint density at radius 3 is 2.21 bits per heavy atom. The van der Waals surface area contributed by atoms with E-state index in [0.29, 0.717) is 6.54 Å². The maximum Gasteiger partial charge on any atom is 0.220 e. The van der Waals surface area contributed by atoms with Crippen LogP contribution in [0.15, 0.2) is 0 Å². The van der Waals surface area contributed by atoms with E-state index >= 15 is 0 Å². The van der Waals surface area contributed by atoms with Crippen LogP contribution in [0, 0.1) is 5.92 Å². The van der Waals surface area contributed by atoms with Gasteiger partial charge in [-0.05, 0) is 25.9 Å². The lowest BCUT2D eigenvalue weighted by Gasteiger charge is -2.34. The van der Waals surface area contributed by atoms with Crippen molar-refractivity contribution in [3.63, 3.8) is 0 Å². The number of nitrogens with zero attached hydrogens (tertiary/aromatic N) is 2. The molecular formula is C13H26N4O2. The predicted molar refractivity (Wildman–Crippen MR) is 73.7 cm³/mol. The van der Waals surface area contributed by atoms with Crippen LogP contribution in [0.4, 0.5) is 0 Å². The van der Waals surface area contributed by atoms with E-state index in [4.69, 9.17) is 5.73 Å². The number of piperazine rings is 1. The Kier molecular flexibility index (Phi) is 5.57. The molecular weight excluding hydrogens is 244 g/mol. The van der Waals surface area contributed by atoms with E-state index in [-0.39, 0.29) is 17.9 Å². The molecule has 0 aromatic carbocycles. The summed E-state index contributed by atoms with van der Waals surface area (Å²) < 4.78 is 0. The molecule has 110 valence electrons. The van der Waals surface area contributed by atoms with E-state index in [2.05, 4.69) is 15.1 Å². The molecule has 1 amide bonds. The van der Waals surface area contributed by atoms with Crippen LogP contribution in [0.25, 0.3) is 0 Å². The third kappa shape index (κ3) is 4.72. The molecule has 2 saturated heterocycles. The van der Waals surface area contributed by atoms with Gasteiger partial charge in [0.25, 0.3) is 0 Å². The number of nitrogens with one attached hydrogen (secondary N) is 1. The van der Waals surface area contributed by atoms with Gasteiger partial charge < -0.3 is 21.1 Å². The van der Waals surface area contributed by atoms with Gasteiger partial charge in [0.2, 0.25) is 5.91 Å². The fraction of sp³-hybridized carbons (Fsp3) is 0.923. The van der Waals surface area contributed by atoms with Crippen LogP contribution in [0.5, 0.6) is 0 Å². The van der Waals surface area contributed by atoms with Crippen molar-refractivity contribution in [2.75, 3.05) is 52.4 Å². The highest BCUT2D eigenvalue weighted by molar-refractivity contribution is 5.76. The number of amides is 1. The largest absolute Gasteiger partial charge is 0.390 e. The lowest BCUT2D eigenvalue weighted by Crippen LogP contribution is -2.49. The van der Waals surface area contributed by atoms with Crippen molar-refractivity contribution in [2.24, 2.45) is 11.7 Å². The normalized spacial score (nSPS) is 25.3. The van der Waals surface area contributed by atoms with Gasteiger partial charge in [0.15, 0.2) is 0 Å². The summed E-state index contributed by atoms with van der Waals surface area (Å²) in [6, 6.07) is 0. The van der Waals surface area contributed by atoms with Crippen LogP contribution >= 0.6 is 0 Å². The summed E-state index contributed by atoms with van der Waals surface area (Å²) in [5, 5.41) is 13.4. The third-order valence-corrected chi connectivity index (χ3v) is 4.14. The van der Waals surface area contributed by atoms with Crippen molar-refractivity contribution in [3.05, 3.63) is 0 Å². The fourth-order valence-corrected chi connectivity index (χ4v) is 2.95. The van der Waals surface area contributed by atoms with Crippen molar-refractivity contribution in [1.29, 1.82) is 0 Å². The van der Waals surface area contributed by atoms with Gasteiger partial charge in [-0.3, -0.25) is 9.69 Å². The Bertz CT molecular complexity index is 286. The highest BCUT2D eigenvalue weighted by atomic mass is 16.3. The first-order valence-corrected chi connectivity index (χ1v) is 7.28. The van der Waals surface area contributed by atoms with Gasteiger partial charge in [0.1, 0.15) is 0 Å². The summed E-state index contributed by atoms with van der Waals surface area (Å²) in [5.41, 5.74) is 5.32. The van der Waals surface area contributed by atoms with Crippen molar-refractivity contribution < 1.29 is 9.90 Å². The molecule has 0 aromatic heterocycles. The quantitative estimate of drug-likeness (QED) is 0.563. The topological polar surface area (TPSA) is 81.8 Å². The highest BCUT2D eigenvalue weighted by Gasteiger charge is 2.24. The molecule has 6 nitrogen and oxygen atoms in total. The minimum absolute atomic E-state index is 0.0292. The van der Waals surface area contributed by atoms with Crippen LogP contribution in [0.1, 0.15) is 12.8 Å². The summed E-state index contributed by atoms with van der Waals surface area (Å²) in [5.74, 6) is -0.150. The van der Waals surface area contributed by atoms with Gasteiger partial charge in [-0.2, -0.15) is 0 Å². The Morgan fingerprint density at radius 2 is 1.68 bits per heavy atom. The Labute approximate surface area is 114 Å². The SMILES string of the molecule is NC(=O)C1CCN(CC(O)CN2CCNCC2)CC1. The van der Waals surface area contributed by atoms with Crippen molar-refractivity contribution >= 4 is 5.91 Å². The predicted octanol–water partition coefficient (Wildman–Crippen LogP) is -1.55. The molecule has 0 aromatic rings. The van der Waals surface area contributed by atoms with Crippen LogP contribution in [0.3, 0.4) is 0 Å². The summed E-state index contributed by atoms with van der Waals surface area (Å²) in [4.78, 5) is 15.6. The number of piperidine rings is 1. The molecule has 0 bridgehead atoms. The van der Waals surface area contributed by atoms with E-state index in [1.807, 2.05) is 0 Å². The number of likely N-dealkylation sites (tertiary alicyclic amines) is 1. The summed E-state index contributed by atoms with van der Waals surface area (Å²) in [7, 11) is 0. The molecule has 0 saturated carbocycles. The molecule has 1 unspecified atom stereocenters. The zero-order chi connectivity index (χ0) is 13.7. The summed E-state index contributed by atoms with van der Waals surface area (Å²) in [6.45, 7) is 7.24. The van der Waals surface area contributed by atoms with Gasteiger partial charge in [0, 0.05) is 45.2 Å². The maximum atomic E-state index is 11.1. The molecule has 0 radical (unpaired) electrons. The first kappa shape index (κ1) is 14.7. The number of nitrogens with two attached hydrogens (primary N) is 1. The second kappa shape index (κ2) is 7.19. The molecule has 2 rings (SSSR count). The van der Waals surface area contributed by atoms with Crippen LogP contribution in [-0.4, -0.2) is 79.3 Å². The molecule has 4 N–H and O–H groups in total. The number of hydrogen-bond donors (Lipinski definition) is 3. The molecule has 6 heteroatoms. The number of β-amino-alcohol motifs (C(OH)–C–C–N with tert-alkyl or cyclic N) is 1. The first-order valence-electron chi connectivity index (χ1n) is 7.28. The fourth-order valence-electron chi connectivity index (χ4n) is 2.95. The van der Waals surface area contributed by atoms with Crippen LogP contribution in [-0.2, 0) is 4.79 Å². The third-order valence-electron chi connectivity index (χ3n) is 4.14. The molecule has 1 atom stereocenters. The maximum absolute atomic E-state index is 11.1. The number of carbonyl (C=O) groups is 1. The number of rotatable bonds is 5. The molecule has 2 aliphatic heterocycles. The minimum Gasteiger partial charge on any atom is -0.390 e. The van der Waals surface area contributed by atoms with Gasteiger partial charge >= 0.3 is 0 Å². The van der Waals surface area contributed by atoms with E-state index in [1.54, 1.807) is 0 Å². The number of aliphatic hydroxyl groups is 1. The standard InChI is InChI=1S/C13H26N4O2/c14-13(19)11-1-5-16(6-2-11)9-12(18)10-17-7-3-15-4-8-17/h11-12,15,18H,1-10H2,(H2,14,19). The van der Waals surface area contributed by atoms with Gasteiger partial charge in [-0.1, -0.05) is 0 Å². The van der Waals surface area contributed by atoms with Gasteiger partial charge in [-0.25, -0.2) is 0 Å². The highest BCUT2D eigenvalue weighted by Crippen LogP contribution is 2.16. The summed E-state index contributed by atoms with van der Waals surface area (Å²) in [6.07, 6.45) is 1.36. The zero-order valence-electron chi connectivity index (χ0n) is 11.6. The zero-order valence-corrected chi connectivity index (χ0v) is 11.6. The van der Waals surface area contributed by atoms with Crippen molar-refractivity contribution in [1.82, 2.24) is 15.1 Å². The number of hydrogen-bond acceptors (Lipinski definition) is 5. The lowest BCUT2D eigenvalue weighted by atomic mass is 9.96. The number of aliphatic hydroxyl groups excluding tert-OH is 1. The Hall–Kier alpha value is -0.690. The van der Waals surface area contributed by atoms with Crippen LogP contribution < -0.4 is 11.1 Å². The molecule has 2 aliphatic rings. The molecule has 0 spiro atoms. The smallest absolute Gasteiger partial charge is 0.220 e. The van der Waals surface area contributed by atoms with E-state index in [0.717, 1.165) is 58.7 Å². The monoisotopic (exact) mass is 270 g/mol. The van der Waals surface area contributed by atoms with Gasteiger partial charge in [0.05, 0.1) is 6.10 Å². The Balaban J connectivity index is 1.65. The molecule has 2 fully saturated rings. The average Bonchev–Trinajstić information content (AvgIpc) is 2.40.